The third kappa shape index (κ3) is 3.13. The third-order valence-corrected chi connectivity index (χ3v) is 5.13. The fourth-order valence-corrected chi connectivity index (χ4v) is 4.02. The van der Waals surface area contributed by atoms with Gasteiger partial charge in [0.25, 0.3) is 5.91 Å². The summed E-state index contributed by atoms with van der Waals surface area (Å²) in [5, 5.41) is 6.66. The molecule has 0 saturated carbocycles. The van der Waals surface area contributed by atoms with Crippen molar-refractivity contribution >= 4 is 5.91 Å². The zero-order valence-electron chi connectivity index (χ0n) is 13.1. The second-order valence-corrected chi connectivity index (χ2v) is 6.69. The quantitative estimate of drug-likeness (QED) is 0.878. The van der Waals surface area contributed by atoms with Crippen LogP contribution in [-0.4, -0.2) is 67.1 Å². The van der Waals surface area contributed by atoms with Gasteiger partial charge in [0.05, 0.1) is 24.9 Å². The van der Waals surface area contributed by atoms with Crippen LogP contribution in [0.15, 0.2) is 16.8 Å². The molecule has 0 spiro atoms. The lowest BCUT2D eigenvalue weighted by molar-refractivity contribution is -0.0221. The highest BCUT2D eigenvalue weighted by Gasteiger charge is 2.45. The summed E-state index contributed by atoms with van der Waals surface area (Å²) in [6.45, 7) is 4.35. The van der Waals surface area contributed by atoms with Gasteiger partial charge in [0.2, 0.25) is 5.76 Å². The SMILES string of the molecule is O=C(N[C@H]1CN(C[C@@H]2CCOC2)[C@@H]2CCCO[C@H]12)c1ccno1. The van der Waals surface area contributed by atoms with E-state index < -0.39 is 0 Å². The second-order valence-electron chi connectivity index (χ2n) is 6.69. The van der Waals surface area contributed by atoms with Gasteiger partial charge in [0.1, 0.15) is 0 Å². The summed E-state index contributed by atoms with van der Waals surface area (Å²) in [6.07, 6.45) is 4.90. The first kappa shape index (κ1) is 15.1. The first-order chi connectivity index (χ1) is 11.3. The summed E-state index contributed by atoms with van der Waals surface area (Å²) in [6, 6.07) is 1.97. The Morgan fingerprint density at radius 3 is 3.13 bits per heavy atom. The van der Waals surface area contributed by atoms with Crippen LogP contribution in [-0.2, 0) is 9.47 Å². The van der Waals surface area contributed by atoms with E-state index in [2.05, 4.69) is 15.4 Å². The number of amides is 1. The van der Waals surface area contributed by atoms with E-state index >= 15 is 0 Å². The van der Waals surface area contributed by atoms with Crippen molar-refractivity contribution in [1.82, 2.24) is 15.4 Å². The topological polar surface area (TPSA) is 76.8 Å². The summed E-state index contributed by atoms with van der Waals surface area (Å²) in [5.41, 5.74) is 0. The molecule has 23 heavy (non-hydrogen) atoms. The first-order valence-electron chi connectivity index (χ1n) is 8.46. The molecule has 1 aromatic heterocycles. The predicted molar refractivity (Wildman–Crippen MR) is 81.0 cm³/mol. The van der Waals surface area contributed by atoms with Crippen LogP contribution in [0.4, 0.5) is 0 Å². The molecule has 126 valence electrons. The maximum absolute atomic E-state index is 12.2. The van der Waals surface area contributed by atoms with Crippen LogP contribution in [0.3, 0.4) is 0 Å². The zero-order chi connectivity index (χ0) is 15.6. The number of ether oxygens (including phenoxy) is 2. The molecule has 3 aliphatic rings. The lowest BCUT2D eigenvalue weighted by Crippen LogP contribution is -2.47. The number of carbonyl (C=O) groups is 1. The van der Waals surface area contributed by atoms with E-state index in [0.717, 1.165) is 52.2 Å². The van der Waals surface area contributed by atoms with Crippen LogP contribution in [0.25, 0.3) is 0 Å². The molecule has 0 unspecified atom stereocenters. The normalized spacial score (nSPS) is 34.4. The molecular formula is C16H23N3O4. The Hall–Kier alpha value is -1.44. The van der Waals surface area contributed by atoms with Gasteiger partial charge in [-0.2, -0.15) is 0 Å². The second kappa shape index (κ2) is 6.59. The van der Waals surface area contributed by atoms with Crippen LogP contribution in [0.1, 0.15) is 29.8 Å². The number of aromatic nitrogens is 1. The Kier molecular flexibility index (Phi) is 4.33. The minimum Gasteiger partial charge on any atom is -0.381 e. The Morgan fingerprint density at radius 1 is 1.39 bits per heavy atom. The molecule has 4 heterocycles. The van der Waals surface area contributed by atoms with Crippen molar-refractivity contribution in [2.45, 2.75) is 37.5 Å². The summed E-state index contributed by atoms with van der Waals surface area (Å²) in [7, 11) is 0. The molecule has 1 N–H and O–H groups in total. The highest BCUT2D eigenvalue weighted by molar-refractivity contribution is 5.91. The van der Waals surface area contributed by atoms with Crippen LogP contribution in [0.2, 0.25) is 0 Å². The zero-order valence-corrected chi connectivity index (χ0v) is 13.1. The highest BCUT2D eigenvalue weighted by atomic mass is 16.5. The Labute approximate surface area is 135 Å². The first-order valence-corrected chi connectivity index (χ1v) is 8.46. The molecule has 0 aromatic carbocycles. The summed E-state index contributed by atoms with van der Waals surface area (Å²) >= 11 is 0. The molecule has 4 atom stereocenters. The van der Waals surface area contributed by atoms with E-state index in [0.29, 0.717) is 12.0 Å². The number of likely N-dealkylation sites (tertiary alicyclic amines) is 1. The molecule has 7 heteroatoms. The van der Waals surface area contributed by atoms with Crippen molar-refractivity contribution in [3.8, 4) is 0 Å². The van der Waals surface area contributed by atoms with Crippen LogP contribution < -0.4 is 5.32 Å². The van der Waals surface area contributed by atoms with Crippen molar-refractivity contribution in [1.29, 1.82) is 0 Å². The van der Waals surface area contributed by atoms with Gasteiger partial charge in [0.15, 0.2) is 0 Å². The Bertz CT molecular complexity index is 529. The molecule has 3 aliphatic heterocycles. The number of hydrogen-bond donors (Lipinski definition) is 1. The van der Waals surface area contributed by atoms with Crippen molar-refractivity contribution in [3.63, 3.8) is 0 Å². The van der Waals surface area contributed by atoms with Gasteiger partial charge in [-0.15, -0.1) is 0 Å². The minimum absolute atomic E-state index is 0.000205. The van der Waals surface area contributed by atoms with Crippen LogP contribution in [0, 0.1) is 5.92 Å². The van der Waals surface area contributed by atoms with Crippen molar-refractivity contribution in [2.75, 3.05) is 32.9 Å². The highest BCUT2D eigenvalue weighted by Crippen LogP contribution is 2.30. The number of nitrogens with one attached hydrogen (secondary N) is 1. The number of carbonyl (C=O) groups excluding carboxylic acids is 1. The number of rotatable bonds is 4. The fraction of sp³-hybridized carbons (Fsp3) is 0.750. The molecule has 0 radical (unpaired) electrons. The van der Waals surface area contributed by atoms with Gasteiger partial charge < -0.3 is 19.3 Å². The van der Waals surface area contributed by atoms with Gasteiger partial charge in [-0.3, -0.25) is 9.69 Å². The van der Waals surface area contributed by atoms with Gasteiger partial charge in [-0.25, -0.2) is 0 Å². The predicted octanol–water partition coefficient (Wildman–Crippen LogP) is 0.673. The largest absolute Gasteiger partial charge is 0.381 e. The van der Waals surface area contributed by atoms with Crippen molar-refractivity contribution in [3.05, 3.63) is 18.0 Å². The maximum atomic E-state index is 12.2. The molecule has 0 aliphatic carbocycles. The molecular weight excluding hydrogens is 298 g/mol. The minimum atomic E-state index is -0.216. The van der Waals surface area contributed by atoms with Crippen molar-refractivity contribution in [2.24, 2.45) is 5.92 Å². The van der Waals surface area contributed by atoms with Gasteiger partial charge in [-0.1, -0.05) is 5.16 Å². The van der Waals surface area contributed by atoms with E-state index in [1.165, 1.54) is 6.20 Å². The fourth-order valence-electron chi connectivity index (χ4n) is 4.02. The molecule has 1 aromatic rings. The van der Waals surface area contributed by atoms with Crippen LogP contribution >= 0.6 is 0 Å². The number of nitrogens with zero attached hydrogens (tertiary/aromatic N) is 2. The lowest BCUT2D eigenvalue weighted by Gasteiger charge is -2.33. The summed E-state index contributed by atoms with van der Waals surface area (Å²) in [5.74, 6) is 0.632. The monoisotopic (exact) mass is 321 g/mol. The van der Waals surface area contributed by atoms with E-state index in [1.54, 1.807) is 6.07 Å². The Morgan fingerprint density at radius 2 is 2.35 bits per heavy atom. The number of hydrogen-bond acceptors (Lipinski definition) is 6. The summed E-state index contributed by atoms with van der Waals surface area (Å²) in [4.78, 5) is 14.7. The lowest BCUT2D eigenvalue weighted by atomic mass is 10.00. The van der Waals surface area contributed by atoms with E-state index in [1.807, 2.05) is 0 Å². The molecule has 3 saturated heterocycles. The van der Waals surface area contributed by atoms with E-state index in [4.69, 9.17) is 14.0 Å². The van der Waals surface area contributed by atoms with Crippen molar-refractivity contribution < 1.29 is 18.8 Å². The average molecular weight is 321 g/mol. The average Bonchev–Trinajstić information content (AvgIpc) is 3.30. The maximum Gasteiger partial charge on any atom is 0.290 e. The molecule has 3 fully saturated rings. The Balaban J connectivity index is 1.43. The molecule has 0 bridgehead atoms. The molecule has 4 rings (SSSR count). The molecule has 7 nitrogen and oxygen atoms in total. The van der Waals surface area contributed by atoms with Gasteiger partial charge in [0, 0.05) is 38.4 Å². The third-order valence-electron chi connectivity index (χ3n) is 5.13. The smallest absolute Gasteiger partial charge is 0.290 e. The standard InChI is InChI=1S/C16H23N3O4/c20-16(14-3-5-17-23-14)18-12-9-19(8-11-4-7-21-10-11)13-2-1-6-22-15(12)13/h3,5,11-13,15H,1-2,4,6-10H2,(H,18,20)/t11-,12-,13+,15+/m0/s1. The number of fused-ring (bicyclic) bond motifs is 1. The van der Waals surface area contributed by atoms with Crippen LogP contribution in [0.5, 0.6) is 0 Å². The van der Waals surface area contributed by atoms with E-state index in [9.17, 15) is 4.79 Å². The van der Waals surface area contributed by atoms with Gasteiger partial charge in [-0.05, 0) is 25.2 Å². The van der Waals surface area contributed by atoms with Gasteiger partial charge >= 0.3 is 0 Å². The molecule has 1 amide bonds. The van der Waals surface area contributed by atoms with E-state index in [-0.39, 0.29) is 23.8 Å². The summed E-state index contributed by atoms with van der Waals surface area (Å²) < 4.78 is 16.4.